The van der Waals surface area contributed by atoms with Gasteiger partial charge in [-0.1, -0.05) is 18.0 Å². The van der Waals surface area contributed by atoms with Gasteiger partial charge in [0.25, 0.3) is 0 Å². The Labute approximate surface area is 215 Å². The van der Waals surface area contributed by atoms with Crippen molar-refractivity contribution in [1.29, 1.82) is 0 Å². The van der Waals surface area contributed by atoms with Gasteiger partial charge in [0, 0.05) is 35.7 Å². The Hall–Kier alpha value is -3.33. The molecular formula is C28H32FN3O5. The quantitative estimate of drug-likeness (QED) is 0.441. The van der Waals surface area contributed by atoms with Crippen LogP contribution in [0.3, 0.4) is 0 Å². The largest absolute Gasteiger partial charge is 0.454 e. The van der Waals surface area contributed by atoms with Crippen LogP contribution in [0.25, 0.3) is 11.0 Å². The molecule has 0 radical (unpaired) electrons. The van der Waals surface area contributed by atoms with Gasteiger partial charge in [-0.2, -0.15) is 0 Å². The van der Waals surface area contributed by atoms with E-state index in [9.17, 15) is 9.18 Å². The lowest BCUT2D eigenvalue weighted by Crippen LogP contribution is -2.40. The maximum Gasteiger partial charge on any atom is 0.411 e. The number of rotatable bonds is 6. The molecule has 0 bridgehead atoms. The summed E-state index contributed by atoms with van der Waals surface area (Å²) in [5.74, 6) is 2.20. The van der Waals surface area contributed by atoms with E-state index in [-0.39, 0.29) is 12.6 Å². The van der Waals surface area contributed by atoms with Gasteiger partial charge in [0.05, 0.1) is 12.3 Å². The molecule has 3 heterocycles. The van der Waals surface area contributed by atoms with E-state index in [0.717, 1.165) is 56.4 Å². The molecule has 0 unspecified atom stereocenters. The molecule has 2 aliphatic heterocycles. The van der Waals surface area contributed by atoms with Gasteiger partial charge in [0.15, 0.2) is 17.1 Å². The first-order chi connectivity index (χ1) is 18.1. The Morgan fingerprint density at radius 1 is 1.03 bits per heavy atom. The highest BCUT2D eigenvalue weighted by molar-refractivity contribution is 5.85. The molecule has 1 aromatic heterocycles. The van der Waals surface area contributed by atoms with Crippen molar-refractivity contribution in [2.75, 3.05) is 38.4 Å². The van der Waals surface area contributed by atoms with Crippen LogP contribution >= 0.6 is 0 Å². The van der Waals surface area contributed by atoms with E-state index in [1.807, 2.05) is 0 Å². The molecular weight excluding hydrogens is 477 g/mol. The van der Waals surface area contributed by atoms with E-state index in [2.05, 4.69) is 15.4 Å². The van der Waals surface area contributed by atoms with Crippen LogP contribution < -0.4 is 14.8 Å². The number of hydrogen-bond donors (Lipinski definition) is 1. The number of hydrogen-bond acceptors (Lipinski definition) is 7. The number of anilines is 1. The number of carbonyl (C=O) groups excluding carboxylic acids is 1. The van der Waals surface area contributed by atoms with E-state index in [1.165, 1.54) is 25.0 Å². The zero-order chi connectivity index (χ0) is 25.2. The van der Waals surface area contributed by atoms with Crippen LogP contribution in [0.15, 0.2) is 40.9 Å². The molecule has 2 fully saturated rings. The number of carbonyl (C=O) groups is 1. The summed E-state index contributed by atoms with van der Waals surface area (Å²) in [5.41, 5.74) is 2.10. The third-order valence-electron chi connectivity index (χ3n) is 8.04. The maximum absolute atomic E-state index is 13.5. The standard InChI is InChI=1S/C28H32FN3O5/c29-21-5-7-23-25(13-21)37-31-27(23)18-9-11-32(12-10-18)15-19-3-1-2-4-20(19)16-34-28(33)30-22-6-8-24-26(14-22)36-17-35-24/h5-8,13-14,18-20H,1-4,9-12,15-17H2,(H,30,33)/t19-,20-/m1/s1. The first kappa shape index (κ1) is 24.0. The second-order valence-electron chi connectivity index (χ2n) is 10.4. The zero-order valence-corrected chi connectivity index (χ0v) is 20.8. The number of nitrogens with one attached hydrogen (secondary N) is 1. The SMILES string of the molecule is O=C(Nc1ccc2c(c1)OCO2)OC[C@H]1CCCC[C@@H]1CN1CCC(c2noc3cc(F)ccc23)CC1. The molecule has 196 valence electrons. The predicted molar refractivity (Wildman–Crippen MR) is 135 cm³/mol. The predicted octanol–water partition coefficient (Wildman–Crippen LogP) is 5.93. The highest BCUT2D eigenvalue weighted by atomic mass is 19.1. The van der Waals surface area contributed by atoms with Crippen LogP contribution in [0.4, 0.5) is 14.9 Å². The first-order valence-electron chi connectivity index (χ1n) is 13.2. The minimum absolute atomic E-state index is 0.197. The fraction of sp³-hybridized carbons (Fsp3) is 0.500. The average Bonchev–Trinajstić information content (AvgIpc) is 3.55. The molecule has 37 heavy (non-hydrogen) atoms. The van der Waals surface area contributed by atoms with Crippen LogP contribution in [0.5, 0.6) is 11.5 Å². The zero-order valence-electron chi connectivity index (χ0n) is 20.8. The second kappa shape index (κ2) is 10.6. The number of fused-ring (bicyclic) bond motifs is 2. The van der Waals surface area contributed by atoms with Gasteiger partial charge in [-0.3, -0.25) is 5.32 Å². The Morgan fingerprint density at radius 3 is 2.70 bits per heavy atom. The number of halogens is 1. The summed E-state index contributed by atoms with van der Waals surface area (Å²) in [6, 6.07) is 9.96. The molecule has 9 heteroatoms. The molecule has 1 saturated carbocycles. The molecule has 6 rings (SSSR count). The normalized spacial score (nSPS) is 22.3. The fourth-order valence-corrected chi connectivity index (χ4v) is 6.00. The lowest BCUT2D eigenvalue weighted by atomic mass is 9.79. The van der Waals surface area contributed by atoms with Crippen molar-refractivity contribution >= 4 is 22.7 Å². The minimum atomic E-state index is -0.441. The summed E-state index contributed by atoms with van der Waals surface area (Å²) in [7, 11) is 0. The van der Waals surface area contributed by atoms with Gasteiger partial charge < -0.3 is 23.6 Å². The lowest BCUT2D eigenvalue weighted by molar-refractivity contribution is 0.0750. The molecule has 2 aromatic carbocycles. The molecule has 1 N–H and O–H groups in total. The first-order valence-corrected chi connectivity index (χ1v) is 13.2. The maximum atomic E-state index is 13.5. The minimum Gasteiger partial charge on any atom is -0.454 e. The van der Waals surface area contributed by atoms with Crippen LogP contribution in [0, 0.1) is 17.7 Å². The highest BCUT2D eigenvalue weighted by Crippen LogP contribution is 2.36. The van der Waals surface area contributed by atoms with Crippen molar-refractivity contribution in [3.05, 3.63) is 47.9 Å². The van der Waals surface area contributed by atoms with E-state index in [1.54, 1.807) is 24.3 Å². The molecule has 3 aromatic rings. The van der Waals surface area contributed by atoms with Gasteiger partial charge in [-0.15, -0.1) is 0 Å². The summed E-state index contributed by atoms with van der Waals surface area (Å²) in [4.78, 5) is 15.0. The number of piperidine rings is 1. The smallest absolute Gasteiger partial charge is 0.411 e. The van der Waals surface area contributed by atoms with E-state index in [4.69, 9.17) is 18.7 Å². The molecule has 1 saturated heterocycles. The van der Waals surface area contributed by atoms with Gasteiger partial charge in [0.1, 0.15) is 5.82 Å². The summed E-state index contributed by atoms with van der Waals surface area (Å²) in [6.07, 6.45) is 6.22. The van der Waals surface area contributed by atoms with Crippen LogP contribution in [0.1, 0.15) is 50.1 Å². The van der Waals surface area contributed by atoms with Crippen LogP contribution in [-0.2, 0) is 4.74 Å². The van der Waals surface area contributed by atoms with Crippen molar-refractivity contribution in [1.82, 2.24) is 10.1 Å². The van der Waals surface area contributed by atoms with E-state index >= 15 is 0 Å². The fourth-order valence-electron chi connectivity index (χ4n) is 6.00. The summed E-state index contributed by atoms with van der Waals surface area (Å²) in [6.45, 7) is 3.64. The van der Waals surface area contributed by atoms with Crippen LogP contribution in [-0.4, -0.2) is 49.2 Å². The van der Waals surface area contributed by atoms with Gasteiger partial charge in [0.2, 0.25) is 6.79 Å². The summed E-state index contributed by atoms with van der Waals surface area (Å²) < 4.78 is 35.2. The van der Waals surface area contributed by atoms with E-state index < -0.39 is 6.09 Å². The number of ether oxygens (including phenoxy) is 3. The highest BCUT2D eigenvalue weighted by Gasteiger charge is 2.31. The molecule has 3 aliphatic rings. The monoisotopic (exact) mass is 509 g/mol. The van der Waals surface area contributed by atoms with Crippen molar-refractivity contribution in [3.8, 4) is 11.5 Å². The number of benzene rings is 2. The lowest BCUT2D eigenvalue weighted by Gasteiger charge is -2.38. The van der Waals surface area contributed by atoms with Crippen molar-refractivity contribution in [2.45, 2.75) is 44.4 Å². The van der Waals surface area contributed by atoms with Crippen LogP contribution in [0.2, 0.25) is 0 Å². The Kier molecular flexibility index (Phi) is 6.87. The molecule has 8 nitrogen and oxygen atoms in total. The Balaban J connectivity index is 0.994. The average molecular weight is 510 g/mol. The summed E-state index contributed by atoms with van der Waals surface area (Å²) in [5, 5.41) is 7.99. The third-order valence-corrected chi connectivity index (χ3v) is 8.04. The van der Waals surface area contributed by atoms with Gasteiger partial charge in [-0.25, -0.2) is 9.18 Å². The Bertz CT molecular complexity index is 1260. The number of likely N-dealkylation sites (tertiary alicyclic amines) is 1. The number of amides is 1. The Morgan fingerprint density at radius 2 is 1.84 bits per heavy atom. The molecule has 1 aliphatic carbocycles. The third kappa shape index (κ3) is 5.37. The molecule has 0 spiro atoms. The number of nitrogens with zero attached hydrogens (tertiary/aromatic N) is 2. The van der Waals surface area contributed by atoms with Gasteiger partial charge in [-0.05, 0) is 74.9 Å². The second-order valence-corrected chi connectivity index (χ2v) is 10.4. The van der Waals surface area contributed by atoms with Gasteiger partial charge >= 0.3 is 6.09 Å². The van der Waals surface area contributed by atoms with Crippen molar-refractivity contribution < 1.29 is 27.9 Å². The molecule has 2 atom stereocenters. The topological polar surface area (TPSA) is 86.1 Å². The summed E-state index contributed by atoms with van der Waals surface area (Å²) >= 11 is 0. The van der Waals surface area contributed by atoms with Crippen molar-refractivity contribution in [3.63, 3.8) is 0 Å². The van der Waals surface area contributed by atoms with Crippen molar-refractivity contribution in [2.24, 2.45) is 11.8 Å². The molecule has 1 amide bonds. The van der Waals surface area contributed by atoms with E-state index in [0.29, 0.717) is 47.1 Å². The number of aromatic nitrogens is 1.